The molecule has 2 aromatic rings. The van der Waals surface area contributed by atoms with Gasteiger partial charge in [-0.25, -0.2) is 4.90 Å². The highest BCUT2D eigenvalue weighted by Gasteiger charge is 2.43. The number of rotatable bonds is 7. The zero-order chi connectivity index (χ0) is 21.8. The first kappa shape index (κ1) is 21.2. The van der Waals surface area contributed by atoms with Crippen molar-refractivity contribution in [1.29, 1.82) is 0 Å². The zero-order valence-corrected chi connectivity index (χ0v) is 18.0. The second-order valence-corrected chi connectivity index (χ2v) is 7.90. The number of benzene rings is 2. The smallest absolute Gasteiger partial charge is 0.251 e. The number of likely N-dealkylation sites (tertiary alicyclic amines) is 1. The molecule has 2 saturated heterocycles. The molecule has 2 aromatic carbocycles. The lowest BCUT2D eigenvalue weighted by Crippen LogP contribution is -2.48. The molecule has 0 radical (unpaired) electrons. The van der Waals surface area contributed by atoms with E-state index in [1.165, 1.54) is 4.90 Å². The molecule has 2 heterocycles. The van der Waals surface area contributed by atoms with Crippen LogP contribution in [-0.2, 0) is 9.59 Å². The number of nitrogens with zero attached hydrogens (tertiary/aromatic N) is 2. The monoisotopic (exact) mass is 423 g/mol. The normalized spacial score (nSPS) is 20.2. The topological polar surface area (TPSA) is 71.1 Å². The van der Waals surface area contributed by atoms with Gasteiger partial charge in [-0.15, -0.1) is 0 Å². The second kappa shape index (κ2) is 9.39. The van der Waals surface area contributed by atoms with Gasteiger partial charge in [0, 0.05) is 30.9 Å². The van der Waals surface area contributed by atoms with Crippen LogP contribution in [0.4, 0.5) is 11.4 Å². The molecule has 2 aliphatic heterocycles. The van der Waals surface area contributed by atoms with Crippen molar-refractivity contribution in [3.05, 3.63) is 48.5 Å². The fraction of sp³-hybridized carbons (Fsp3) is 0.417. The Labute approximate surface area is 182 Å². The Kier molecular flexibility index (Phi) is 6.42. The number of methoxy groups -OCH3 is 1. The van der Waals surface area contributed by atoms with Crippen molar-refractivity contribution in [2.24, 2.45) is 0 Å². The van der Waals surface area contributed by atoms with Gasteiger partial charge in [-0.3, -0.25) is 14.5 Å². The highest BCUT2D eigenvalue weighted by atomic mass is 16.5. The van der Waals surface area contributed by atoms with Gasteiger partial charge in [-0.05, 0) is 56.2 Å². The number of amides is 2. The summed E-state index contributed by atoms with van der Waals surface area (Å²) in [7, 11) is 1.57. The van der Waals surface area contributed by atoms with Crippen LogP contribution in [0.15, 0.2) is 48.5 Å². The van der Waals surface area contributed by atoms with Crippen LogP contribution >= 0.6 is 0 Å². The average molecular weight is 424 g/mol. The fourth-order valence-electron chi connectivity index (χ4n) is 4.33. The van der Waals surface area contributed by atoms with Gasteiger partial charge in [-0.1, -0.05) is 6.07 Å². The first-order valence-corrected chi connectivity index (χ1v) is 10.8. The van der Waals surface area contributed by atoms with E-state index in [9.17, 15) is 9.59 Å². The van der Waals surface area contributed by atoms with Crippen LogP contribution in [0.25, 0.3) is 0 Å². The summed E-state index contributed by atoms with van der Waals surface area (Å²) in [5, 5.41) is 3.57. The number of piperidine rings is 1. The van der Waals surface area contributed by atoms with Crippen LogP contribution in [0.1, 0.15) is 26.2 Å². The summed E-state index contributed by atoms with van der Waals surface area (Å²) in [5.74, 6) is 1.20. The Bertz CT molecular complexity index is 923. The van der Waals surface area contributed by atoms with Gasteiger partial charge >= 0.3 is 0 Å². The molecule has 1 N–H and O–H groups in total. The van der Waals surface area contributed by atoms with E-state index < -0.39 is 0 Å². The predicted molar refractivity (Wildman–Crippen MR) is 120 cm³/mol. The fourth-order valence-corrected chi connectivity index (χ4v) is 4.33. The molecule has 31 heavy (non-hydrogen) atoms. The lowest BCUT2D eigenvalue weighted by atomic mass is 10.0. The van der Waals surface area contributed by atoms with E-state index in [0.717, 1.165) is 37.4 Å². The van der Waals surface area contributed by atoms with Gasteiger partial charge in [0.15, 0.2) is 0 Å². The van der Waals surface area contributed by atoms with E-state index in [4.69, 9.17) is 9.47 Å². The first-order chi connectivity index (χ1) is 15.1. The molecule has 0 unspecified atom stereocenters. The number of carbonyl (C=O) groups excluding carboxylic acids is 2. The minimum atomic E-state index is -0.384. The number of ether oxygens (including phenoxy) is 2. The van der Waals surface area contributed by atoms with Crippen LogP contribution in [-0.4, -0.2) is 55.6 Å². The third-order valence-electron chi connectivity index (χ3n) is 5.94. The molecule has 0 aliphatic carbocycles. The van der Waals surface area contributed by atoms with E-state index in [-0.39, 0.29) is 24.3 Å². The van der Waals surface area contributed by atoms with E-state index in [0.29, 0.717) is 24.1 Å². The third kappa shape index (κ3) is 4.66. The van der Waals surface area contributed by atoms with Gasteiger partial charge in [0.25, 0.3) is 5.91 Å². The number of imide groups is 1. The summed E-state index contributed by atoms with van der Waals surface area (Å²) in [6.07, 6.45) is 2.07. The van der Waals surface area contributed by atoms with Gasteiger partial charge in [0.1, 0.15) is 11.5 Å². The highest BCUT2D eigenvalue weighted by molar-refractivity contribution is 6.22. The Morgan fingerprint density at radius 2 is 1.77 bits per heavy atom. The van der Waals surface area contributed by atoms with Gasteiger partial charge in [-0.2, -0.15) is 0 Å². The van der Waals surface area contributed by atoms with Crippen LogP contribution in [0.2, 0.25) is 0 Å². The second-order valence-electron chi connectivity index (χ2n) is 7.90. The number of carbonyl (C=O) groups is 2. The highest BCUT2D eigenvalue weighted by Crippen LogP contribution is 2.30. The third-order valence-corrected chi connectivity index (χ3v) is 5.94. The summed E-state index contributed by atoms with van der Waals surface area (Å²) in [6, 6.07) is 15.0. The molecular formula is C24H29N3O4. The molecule has 0 saturated carbocycles. The van der Waals surface area contributed by atoms with Crippen molar-refractivity contribution < 1.29 is 19.1 Å². The van der Waals surface area contributed by atoms with Crippen molar-refractivity contribution >= 4 is 23.2 Å². The van der Waals surface area contributed by atoms with Crippen LogP contribution in [0.5, 0.6) is 11.5 Å². The van der Waals surface area contributed by atoms with E-state index >= 15 is 0 Å². The molecule has 4 rings (SSSR count). The number of hydrogen-bond donors (Lipinski definition) is 1. The van der Waals surface area contributed by atoms with E-state index in [1.54, 1.807) is 31.4 Å². The maximum absolute atomic E-state index is 13.1. The quantitative estimate of drug-likeness (QED) is 0.689. The molecule has 7 heteroatoms. The van der Waals surface area contributed by atoms with Crippen molar-refractivity contribution in [2.75, 3.05) is 37.0 Å². The predicted octanol–water partition coefficient (Wildman–Crippen LogP) is 3.30. The standard InChI is InChI=1S/C24H29N3O4/c1-3-31-20-9-7-17(8-10-20)25-18-11-13-26(14-12-18)22-16-23(28)27(24(22)29)19-5-4-6-21(15-19)30-2/h4-10,15,18,22,25H,3,11-14,16H2,1-2H3/t22-/m1/s1. The molecule has 2 fully saturated rings. The van der Waals surface area contributed by atoms with Crippen molar-refractivity contribution in [1.82, 2.24) is 4.90 Å². The molecule has 0 spiro atoms. The number of hydrogen-bond acceptors (Lipinski definition) is 6. The molecule has 7 nitrogen and oxygen atoms in total. The summed E-state index contributed by atoms with van der Waals surface area (Å²) < 4.78 is 10.7. The Morgan fingerprint density at radius 3 is 2.45 bits per heavy atom. The van der Waals surface area contributed by atoms with E-state index in [2.05, 4.69) is 10.2 Å². The van der Waals surface area contributed by atoms with Crippen LogP contribution in [0.3, 0.4) is 0 Å². The van der Waals surface area contributed by atoms with Crippen LogP contribution in [0, 0.1) is 0 Å². The number of nitrogens with one attached hydrogen (secondary N) is 1. The van der Waals surface area contributed by atoms with Crippen molar-refractivity contribution in [2.45, 2.75) is 38.3 Å². The Balaban J connectivity index is 1.34. The van der Waals surface area contributed by atoms with Crippen molar-refractivity contribution in [3.63, 3.8) is 0 Å². The molecule has 0 bridgehead atoms. The van der Waals surface area contributed by atoms with Crippen molar-refractivity contribution in [3.8, 4) is 11.5 Å². The lowest BCUT2D eigenvalue weighted by molar-refractivity contribution is -0.123. The van der Waals surface area contributed by atoms with E-state index in [1.807, 2.05) is 31.2 Å². The zero-order valence-electron chi connectivity index (χ0n) is 18.0. The van der Waals surface area contributed by atoms with Gasteiger partial charge in [0.2, 0.25) is 5.91 Å². The first-order valence-electron chi connectivity index (χ1n) is 10.8. The summed E-state index contributed by atoms with van der Waals surface area (Å²) >= 11 is 0. The maximum atomic E-state index is 13.1. The SMILES string of the molecule is CCOc1ccc(NC2CCN([C@@H]3CC(=O)N(c4cccc(OC)c4)C3=O)CC2)cc1. The summed E-state index contributed by atoms with van der Waals surface area (Å²) in [6.45, 7) is 4.19. The lowest BCUT2D eigenvalue weighted by Gasteiger charge is -2.35. The summed E-state index contributed by atoms with van der Waals surface area (Å²) in [5.41, 5.74) is 1.64. The Hall–Kier alpha value is -3.06. The maximum Gasteiger partial charge on any atom is 0.251 e. The molecule has 1 atom stereocenters. The van der Waals surface area contributed by atoms with Gasteiger partial charge in [0.05, 0.1) is 31.9 Å². The van der Waals surface area contributed by atoms with Gasteiger partial charge < -0.3 is 14.8 Å². The molecular weight excluding hydrogens is 394 g/mol. The minimum absolute atomic E-state index is 0.142. The Morgan fingerprint density at radius 1 is 1.03 bits per heavy atom. The largest absolute Gasteiger partial charge is 0.497 e. The molecule has 2 amide bonds. The van der Waals surface area contributed by atoms with Crippen LogP contribution < -0.4 is 19.7 Å². The minimum Gasteiger partial charge on any atom is -0.497 e. The summed E-state index contributed by atoms with van der Waals surface area (Å²) in [4.78, 5) is 29.2. The molecule has 0 aromatic heterocycles. The number of anilines is 2. The molecule has 2 aliphatic rings. The average Bonchev–Trinajstić information content (AvgIpc) is 3.09. The molecule has 164 valence electrons.